The molecule has 0 aliphatic heterocycles. The van der Waals surface area contributed by atoms with Gasteiger partial charge in [0.2, 0.25) is 0 Å². The molecule has 0 saturated heterocycles. The maximum atomic E-state index is 5.26. The second-order valence-corrected chi connectivity index (χ2v) is 6.03. The van der Waals surface area contributed by atoms with E-state index in [1.165, 1.54) is 11.1 Å². The maximum Gasteiger partial charge on any atom is 0.191 e. The molecule has 3 rings (SSSR count). The van der Waals surface area contributed by atoms with Crippen molar-refractivity contribution < 1.29 is 4.74 Å². The molecule has 0 amide bonds. The normalized spacial score (nSPS) is 15.4. The van der Waals surface area contributed by atoms with E-state index in [0.29, 0.717) is 12.5 Å². The average molecular weight is 451 g/mol. The third-order valence-corrected chi connectivity index (χ3v) is 4.38. The van der Waals surface area contributed by atoms with Gasteiger partial charge in [0, 0.05) is 19.0 Å². The van der Waals surface area contributed by atoms with Crippen molar-refractivity contribution in [3.05, 3.63) is 65.2 Å². The minimum Gasteiger partial charge on any atom is -0.497 e. The van der Waals surface area contributed by atoms with Crippen LogP contribution in [-0.2, 0) is 13.0 Å². The van der Waals surface area contributed by atoms with Gasteiger partial charge in [-0.15, -0.1) is 24.0 Å². The van der Waals surface area contributed by atoms with Crippen LogP contribution in [0.2, 0.25) is 0 Å². The molecule has 134 valence electrons. The molecule has 1 aliphatic rings. The zero-order chi connectivity index (χ0) is 16.8. The average Bonchev–Trinajstić information content (AvgIpc) is 2.60. The van der Waals surface area contributed by atoms with Gasteiger partial charge in [0.25, 0.3) is 0 Å². The Morgan fingerprint density at radius 2 is 2.00 bits per heavy atom. The topological polar surface area (TPSA) is 45.7 Å². The fourth-order valence-corrected chi connectivity index (χ4v) is 3.05. The van der Waals surface area contributed by atoms with E-state index >= 15 is 0 Å². The zero-order valence-electron chi connectivity index (χ0n) is 14.8. The summed E-state index contributed by atoms with van der Waals surface area (Å²) in [5.74, 6) is 2.32. The SMILES string of the molecule is CCNC(=NCc1cccc(OC)c1)NCC1Cc2ccccc21.I. The van der Waals surface area contributed by atoms with E-state index in [2.05, 4.69) is 52.9 Å². The van der Waals surface area contributed by atoms with Crippen molar-refractivity contribution in [3.63, 3.8) is 0 Å². The Hall–Kier alpha value is -1.76. The summed E-state index contributed by atoms with van der Waals surface area (Å²) in [6, 6.07) is 16.7. The molecular weight excluding hydrogens is 425 g/mol. The van der Waals surface area contributed by atoms with Crippen LogP contribution in [0.25, 0.3) is 0 Å². The predicted octanol–water partition coefficient (Wildman–Crippen LogP) is 3.71. The van der Waals surface area contributed by atoms with Crippen molar-refractivity contribution in [2.24, 2.45) is 4.99 Å². The lowest BCUT2D eigenvalue weighted by molar-refractivity contribution is 0.414. The lowest BCUT2D eigenvalue weighted by Gasteiger charge is -2.30. The van der Waals surface area contributed by atoms with Gasteiger partial charge in [-0.05, 0) is 42.2 Å². The molecule has 5 heteroatoms. The van der Waals surface area contributed by atoms with Gasteiger partial charge in [0.1, 0.15) is 5.75 Å². The van der Waals surface area contributed by atoms with Gasteiger partial charge in [-0.3, -0.25) is 0 Å². The number of fused-ring (bicyclic) bond motifs is 1. The molecule has 2 aromatic carbocycles. The van der Waals surface area contributed by atoms with Crippen LogP contribution >= 0.6 is 24.0 Å². The molecular formula is C20H26IN3O. The van der Waals surface area contributed by atoms with E-state index in [-0.39, 0.29) is 24.0 Å². The number of hydrogen-bond donors (Lipinski definition) is 2. The first-order valence-corrected chi connectivity index (χ1v) is 8.53. The zero-order valence-corrected chi connectivity index (χ0v) is 17.1. The summed E-state index contributed by atoms with van der Waals surface area (Å²) < 4.78 is 5.26. The number of nitrogens with zero attached hydrogens (tertiary/aromatic N) is 1. The highest BCUT2D eigenvalue weighted by molar-refractivity contribution is 14.0. The molecule has 1 aliphatic carbocycles. The summed E-state index contributed by atoms with van der Waals surface area (Å²) in [7, 11) is 1.68. The lowest BCUT2D eigenvalue weighted by Crippen LogP contribution is -2.41. The summed E-state index contributed by atoms with van der Waals surface area (Å²) in [5, 5.41) is 6.79. The van der Waals surface area contributed by atoms with Crippen LogP contribution in [0, 0.1) is 0 Å². The first-order valence-electron chi connectivity index (χ1n) is 8.53. The van der Waals surface area contributed by atoms with E-state index in [9.17, 15) is 0 Å². The fraction of sp³-hybridized carbons (Fsp3) is 0.350. The minimum absolute atomic E-state index is 0. The van der Waals surface area contributed by atoms with Crippen LogP contribution in [0.5, 0.6) is 5.75 Å². The lowest BCUT2D eigenvalue weighted by atomic mass is 9.78. The van der Waals surface area contributed by atoms with Gasteiger partial charge in [-0.1, -0.05) is 36.4 Å². The summed E-state index contributed by atoms with van der Waals surface area (Å²) >= 11 is 0. The quantitative estimate of drug-likeness (QED) is 0.400. The fourth-order valence-electron chi connectivity index (χ4n) is 3.05. The first kappa shape index (κ1) is 19.6. The molecule has 0 bridgehead atoms. The number of nitrogens with one attached hydrogen (secondary N) is 2. The minimum atomic E-state index is 0. The highest BCUT2D eigenvalue weighted by Gasteiger charge is 2.25. The van der Waals surface area contributed by atoms with Gasteiger partial charge in [0.05, 0.1) is 13.7 Å². The molecule has 0 aromatic heterocycles. The highest BCUT2D eigenvalue weighted by Crippen LogP contribution is 2.33. The summed E-state index contributed by atoms with van der Waals surface area (Å²) in [5.41, 5.74) is 4.08. The monoisotopic (exact) mass is 451 g/mol. The summed E-state index contributed by atoms with van der Waals surface area (Å²) in [6.07, 6.45) is 1.15. The first-order chi connectivity index (χ1) is 11.8. The number of ether oxygens (including phenoxy) is 1. The number of benzene rings is 2. The molecule has 25 heavy (non-hydrogen) atoms. The summed E-state index contributed by atoms with van der Waals surface area (Å²) in [4.78, 5) is 4.68. The van der Waals surface area contributed by atoms with Crippen molar-refractivity contribution in [1.29, 1.82) is 0 Å². The molecule has 4 nitrogen and oxygen atoms in total. The predicted molar refractivity (Wildman–Crippen MR) is 114 cm³/mol. The van der Waals surface area contributed by atoms with Crippen LogP contribution in [-0.4, -0.2) is 26.2 Å². The number of methoxy groups -OCH3 is 1. The summed E-state index contributed by atoms with van der Waals surface area (Å²) in [6.45, 7) is 4.49. The molecule has 1 atom stereocenters. The standard InChI is InChI=1S/C20H25N3O.HI/c1-3-21-20(22-13-15-7-6-9-18(11-15)24-2)23-14-17-12-16-8-4-5-10-19(16)17;/h4-11,17H,3,12-14H2,1-2H3,(H2,21,22,23);1H. The van der Waals surface area contributed by atoms with Crippen LogP contribution in [0.1, 0.15) is 29.5 Å². The Labute approximate surface area is 167 Å². The Morgan fingerprint density at radius 1 is 1.16 bits per heavy atom. The van der Waals surface area contributed by atoms with Crippen LogP contribution < -0.4 is 15.4 Å². The molecule has 2 aromatic rings. The van der Waals surface area contributed by atoms with E-state index in [0.717, 1.165) is 36.8 Å². The largest absolute Gasteiger partial charge is 0.497 e. The van der Waals surface area contributed by atoms with Gasteiger partial charge in [0.15, 0.2) is 5.96 Å². The van der Waals surface area contributed by atoms with Crippen LogP contribution in [0.4, 0.5) is 0 Å². The van der Waals surface area contributed by atoms with Crippen LogP contribution in [0.3, 0.4) is 0 Å². The maximum absolute atomic E-state index is 5.26. The van der Waals surface area contributed by atoms with Crippen molar-refractivity contribution >= 4 is 29.9 Å². The number of hydrogen-bond acceptors (Lipinski definition) is 2. The van der Waals surface area contributed by atoms with Gasteiger partial charge in [-0.25, -0.2) is 4.99 Å². The van der Waals surface area contributed by atoms with Crippen molar-refractivity contribution in [3.8, 4) is 5.75 Å². The molecule has 0 fully saturated rings. The molecule has 2 N–H and O–H groups in total. The Kier molecular flexibility index (Phi) is 7.55. The Balaban J connectivity index is 0.00000225. The second kappa shape index (κ2) is 9.65. The van der Waals surface area contributed by atoms with Gasteiger partial charge >= 0.3 is 0 Å². The third-order valence-electron chi connectivity index (χ3n) is 4.38. The third kappa shape index (κ3) is 5.11. The molecule has 0 saturated carbocycles. The number of halogens is 1. The van der Waals surface area contributed by atoms with Crippen LogP contribution in [0.15, 0.2) is 53.5 Å². The number of guanidine groups is 1. The molecule has 1 unspecified atom stereocenters. The molecule has 0 spiro atoms. The van der Waals surface area contributed by atoms with E-state index in [1.807, 2.05) is 18.2 Å². The van der Waals surface area contributed by atoms with Crippen molar-refractivity contribution in [2.75, 3.05) is 20.2 Å². The van der Waals surface area contributed by atoms with Crippen molar-refractivity contribution in [1.82, 2.24) is 10.6 Å². The second-order valence-electron chi connectivity index (χ2n) is 6.03. The van der Waals surface area contributed by atoms with E-state index < -0.39 is 0 Å². The molecule has 0 radical (unpaired) electrons. The van der Waals surface area contributed by atoms with Gasteiger partial charge < -0.3 is 15.4 Å². The van der Waals surface area contributed by atoms with Crippen molar-refractivity contribution in [2.45, 2.75) is 25.8 Å². The Morgan fingerprint density at radius 3 is 2.76 bits per heavy atom. The smallest absolute Gasteiger partial charge is 0.191 e. The number of aliphatic imine (C=N–C) groups is 1. The van der Waals surface area contributed by atoms with E-state index in [4.69, 9.17) is 4.74 Å². The molecule has 0 heterocycles. The van der Waals surface area contributed by atoms with Gasteiger partial charge in [-0.2, -0.15) is 0 Å². The Bertz CT molecular complexity index is 718. The van der Waals surface area contributed by atoms with E-state index in [1.54, 1.807) is 7.11 Å². The highest BCUT2D eigenvalue weighted by atomic mass is 127. The number of rotatable bonds is 6.